The molecular formula is C24H29N3O4S2. The van der Waals surface area contributed by atoms with Gasteiger partial charge in [0, 0.05) is 29.3 Å². The van der Waals surface area contributed by atoms with Crippen molar-refractivity contribution in [1.29, 1.82) is 0 Å². The highest BCUT2D eigenvalue weighted by atomic mass is 32.2. The van der Waals surface area contributed by atoms with Crippen LogP contribution in [-0.4, -0.2) is 30.7 Å². The predicted molar refractivity (Wildman–Crippen MR) is 129 cm³/mol. The molecule has 0 spiro atoms. The van der Waals surface area contributed by atoms with Crippen LogP contribution in [0.25, 0.3) is 11.1 Å². The summed E-state index contributed by atoms with van der Waals surface area (Å²) in [4.78, 5) is 17.3. The van der Waals surface area contributed by atoms with Gasteiger partial charge in [-0.2, -0.15) is 0 Å². The van der Waals surface area contributed by atoms with Crippen LogP contribution < -0.4 is 4.72 Å². The summed E-state index contributed by atoms with van der Waals surface area (Å²) in [5.74, 6) is 1.47. The second-order valence-corrected chi connectivity index (χ2v) is 11.6. The van der Waals surface area contributed by atoms with Gasteiger partial charge in [0.1, 0.15) is 10.0 Å². The van der Waals surface area contributed by atoms with Gasteiger partial charge in [-0.3, -0.25) is 0 Å². The largest absolute Gasteiger partial charge is 0.449 e. The van der Waals surface area contributed by atoms with Gasteiger partial charge < -0.3 is 9.30 Å². The Hall–Kier alpha value is -2.65. The second-order valence-electron chi connectivity index (χ2n) is 8.66. The molecule has 1 aromatic carbocycles. The summed E-state index contributed by atoms with van der Waals surface area (Å²) in [6, 6.07) is 8.31. The van der Waals surface area contributed by atoms with E-state index in [9.17, 15) is 13.2 Å². The second kappa shape index (κ2) is 9.30. The number of hydrogen-bond acceptors (Lipinski definition) is 6. The molecule has 176 valence electrons. The van der Waals surface area contributed by atoms with Gasteiger partial charge in [-0.1, -0.05) is 38.1 Å². The van der Waals surface area contributed by atoms with Crippen LogP contribution in [0.15, 0.2) is 40.9 Å². The lowest BCUT2D eigenvalue weighted by Gasteiger charge is -2.14. The summed E-state index contributed by atoms with van der Waals surface area (Å²) in [5.41, 5.74) is 3.56. The van der Waals surface area contributed by atoms with Crippen LogP contribution in [0.3, 0.4) is 0 Å². The number of sulfonamides is 1. The predicted octanol–water partition coefficient (Wildman–Crippen LogP) is 5.09. The van der Waals surface area contributed by atoms with E-state index in [4.69, 9.17) is 4.74 Å². The Kier molecular flexibility index (Phi) is 6.63. The van der Waals surface area contributed by atoms with E-state index in [0.717, 1.165) is 41.1 Å². The Morgan fingerprint density at radius 1 is 1.30 bits per heavy atom. The number of rotatable bonds is 7. The average Bonchev–Trinajstić information content (AvgIpc) is 3.43. The lowest BCUT2D eigenvalue weighted by Crippen LogP contribution is -2.30. The lowest BCUT2D eigenvalue weighted by atomic mass is 9.97. The van der Waals surface area contributed by atoms with Crippen molar-refractivity contribution in [2.45, 2.75) is 57.2 Å². The number of aromatic nitrogens is 2. The highest BCUT2D eigenvalue weighted by Gasteiger charge is 2.29. The number of carbonyl (C=O) groups excluding carboxylic acids is 1. The van der Waals surface area contributed by atoms with E-state index in [-0.39, 0.29) is 16.9 Å². The van der Waals surface area contributed by atoms with Crippen molar-refractivity contribution in [3.8, 4) is 11.1 Å². The molecule has 7 nitrogen and oxygen atoms in total. The SMILES string of the molecule is CCOC(=O)NS(=O)(=O)c1sc(CC(C)C)c(C)c1-c1ccc([C@@H]2CCc3nccn32)cc1. The number of carbonyl (C=O) groups is 1. The summed E-state index contributed by atoms with van der Waals surface area (Å²) in [6.45, 7) is 7.88. The number of benzene rings is 1. The van der Waals surface area contributed by atoms with E-state index in [2.05, 4.69) is 40.3 Å². The summed E-state index contributed by atoms with van der Waals surface area (Å²) in [6.07, 6.45) is 5.59. The van der Waals surface area contributed by atoms with Crippen LogP contribution in [0.2, 0.25) is 0 Å². The van der Waals surface area contributed by atoms with Gasteiger partial charge in [-0.15, -0.1) is 11.3 Å². The maximum Gasteiger partial charge on any atom is 0.421 e. The number of hydrogen-bond donors (Lipinski definition) is 1. The van der Waals surface area contributed by atoms with Crippen LogP contribution in [-0.2, 0) is 27.6 Å². The molecule has 0 aliphatic carbocycles. The molecule has 1 atom stereocenters. The van der Waals surface area contributed by atoms with Gasteiger partial charge in [0.2, 0.25) is 0 Å². The van der Waals surface area contributed by atoms with Crippen LogP contribution in [0.4, 0.5) is 4.79 Å². The fraction of sp³-hybridized carbons (Fsp3) is 0.417. The van der Waals surface area contributed by atoms with E-state index in [1.54, 1.807) is 6.92 Å². The Morgan fingerprint density at radius 2 is 2.03 bits per heavy atom. The molecule has 3 heterocycles. The summed E-state index contributed by atoms with van der Waals surface area (Å²) in [7, 11) is -4.07. The molecule has 0 radical (unpaired) electrons. The first-order valence-corrected chi connectivity index (χ1v) is 13.4. The van der Waals surface area contributed by atoms with E-state index in [0.29, 0.717) is 11.5 Å². The molecule has 0 saturated heterocycles. The van der Waals surface area contributed by atoms with E-state index in [1.165, 1.54) is 16.9 Å². The van der Waals surface area contributed by atoms with Gasteiger partial charge >= 0.3 is 6.09 Å². The normalized spacial score (nSPS) is 15.6. The number of nitrogens with zero attached hydrogens (tertiary/aromatic N) is 2. The van der Waals surface area contributed by atoms with Crippen molar-refractivity contribution < 1.29 is 17.9 Å². The van der Waals surface area contributed by atoms with E-state index in [1.807, 2.05) is 31.5 Å². The zero-order chi connectivity index (χ0) is 23.8. The zero-order valence-corrected chi connectivity index (χ0v) is 20.9. The number of imidazole rings is 1. The fourth-order valence-electron chi connectivity index (χ4n) is 4.36. The summed E-state index contributed by atoms with van der Waals surface area (Å²) >= 11 is 1.23. The van der Waals surface area contributed by atoms with Crippen LogP contribution in [0, 0.1) is 12.8 Å². The van der Waals surface area contributed by atoms with Gasteiger partial charge in [0.25, 0.3) is 10.0 Å². The van der Waals surface area contributed by atoms with Crippen molar-refractivity contribution in [1.82, 2.24) is 14.3 Å². The smallest absolute Gasteiger partial charge is 0.421 e. The minimum Gasteiger partial charge on any atom is -0.449 e. The Bertz CT molecular complexity index is 1260. The number of thiophene rings is 1. The van der Waals surface area contributed by atoms with Crippen molar-refractivity contribution >= 4 is 27.5 Å². The van der Waals surface area contributed by atoms with E-state index < -0.39 is 16.1 Å². The zero-order valence-electron chi connectivity index (χ0n) is 19.3. The third-order valence-electron chi connectivity index (χ3n) is 5.85. The molecule has 0 bridgehead atoms. The Balaban J connectivity index is 1.73. The minimum atomic E-state index is -4.07. The number of amides is 1. The highest BCUT2D eigenvalue weighted by Crippen LogP contribution is 2.41. The van der Waals surface area contributed by atoms with Gasteiger partial charge in [0.05, 0.1) is 12.6 Å². The maximum absolute atomic E-state index is 13.1. The number of nitrogens with one attached hydrogen (secondary N) is 1. The molecule has 1 aliphatic rings. The Labute approximate surface area is 198 Å². The molecule has 3 aromatic rings. The molecule has 0 unspecified atom stereocenters. The summed E-state index contributed by atoms with van der Waals surface area (Å²) in [5, 5.41) is 0. The van der Waals surface area contributed by atoms with Crippen molar-refractivity contribution in [3.05, 3.63) is 58.5 Å². The first kappa shape index (κ1) is 23.5. The molecule has 33 heavy (non-hydrogen) atoms. The van der Waals surface area contributed by atoms with Crippen molar-refractivity contribution in [2.24, 2.45) is 5.92 Å². The Morgan fingerprint density at radius 3 is 2.70 bits per heavy atom. The lowest BCUT2D eigenvalue weighted by molar-refractivity contribution is 0.158. The first-order chi connectivity index (χ1) is 15.7. The van der Waals surface area contributed by atoms with Gasteiger partial charge in [-0.25, -0.2) is 22.9 Å². The highest BCUT2D eigenvalue weighted by molar-refractivity contribution is 7.92. The molecule has 2 aromatic heterocycles. The topological polar surface area (TPSA) is 90.3 Å². The maximum atomic E-state index is 13.1. The van der Waals surface area contributed by atoms with Gasteiger partial charge in [0.15, 0.2) is 0 Å². The molecule has 9 heteroatoms. The fourth-order valence-corrected chi connectivity index (χ4v) is 7.41. The molecule has 0 fully saturated rings. The van der Waals surface area contributed by atoms with Crippen LogP contribution in [0.1, 0.15) is 55.1 Å². The number of ether oxygens (including phenoxy) is 1. The first-order valence-electron chi connectivity index (χ1n) is 11.1. The van der Waals surface area contributed by atoms with Crippen molar-refractivity contribution in [3.63, 3.8) is 0 Å². The molecule has 1 aliphatic heterocycles. The molecule has 0 saturated carbocycles. The van der Waals surface area contributed by atoms with E-state index >= 15 is 0 Å². The van der Waals surface area contributed by atoms with Crippen LogP contribution >= 0.6 is 11.3 Å². The molecule has 1 amide bonds. The van der Waals surface area contributed by atoms with Crippen molar-refractivity contribution in [2.75, 3.05) is 6.61 Å². The number of fused-ring (bicyclic) bond motifs is 1. The molecule has 4 rings (SSSR count). The number of aryl methyl sites for hydroxylation is 1. The third-order valence-corrected chi connectivity index (χ3v) is 9.00. The third kappa shape index (κ3) is 4.70. The monoisotopic (exact) mass is 487 g/mol. The quantitative estimate of drug-likeness (QED) is 0.501. The average molecular weight is 488 g/mol. The standard InChI is InChI=1S/C24H29N3O4S2/c1-5-31-24(28)26-33(29,30)23-22(16(4)20(32-23)14-15(2)3)18-8-6-17(7-9-18)19-10-11-21-25-12-13-27(19)21/h6-9,12-13,15,19H,5,10-11,14H2,1-4H3,(H,26,28)/t19-/m0/s1. The molecule has 1 N–H and O–H groups in total. The van der Waals surface area contributed by atoms with Gasteiger partial charge in [-0.05, 0) is 49.3 Å². The minimum absolute atomic E-state index is 0.0948. The van der Waals surface area contributed by atoms with Crippen LogP contribution in [0.5, 0.6) is 0 Å². The summed E-state index contributed by atoms with van der Waals surface area (Å²) < 4.78 is 35.5. The molecular weight excluding hydrogens is 458 g/mol.